The summed E-state index contributed by atoms with van der Waals surface area (Å²) in [7, 11) is 2.16. The fraction of sp³-hybridized carbons (Fsp3) is 0.294. The zero-order valence-corrected chi connectivity index (χ0v) is 11.8. The minimum absolute atomic E-state index is 0.883. The van der Waals surface area contributed by atoms with Crippen molar-refractivity contribution in [2.45, 2.75) is 19.9 Å². The quantitative estimate of drug-likeness (QED) is 0.830. The van der Waals surface area contributed by atoms with Gasteiger partial charge in [-0.1, -0.05) is 42.5 Å². The highest BCUT2D eigenvalue weighted by Crippen LogP contribution is 2.17. The van der Waals surface area contributed by atoms with Crippen molar-refractivity contribution in [3.05, 3.63) is 65.2 Å². The van der Waals surface area contributed by atoms with Gasteiger partial charge in [0, 0.05) is 18.8 Å². The Kier molecular flexibility index (Phi) is 4.58. The highest BCUT2D eigenvalue weighted by Gasteiger charge is 2.05. The van der Waals surface area contributed by atoms with Crippen molar-refractivity contribution in [2.75, 3.05) is 19.3 Å². The molecule has 0 bridgehead atoms. The average Bonchev–Trinajstić information content (AvgIpc) is 2.43. The van der Waals surface area contributed by atoms with E-state index in [0.717, 1.165) is 25.2 Å². The van der Waals surface area contributed by atoms with Crippen LogP contribution in [0.25, 0.3) is 0 Å². The summed E-state index contributed by atoms with van der Waals surface area (Å²) >= 11 is 0. The van der Waals surface area contributed by atoms with Crippen LogP contribution in [-0.4, -0.2) is 18.5 Å². The molecule has 0 aromatic heterocycles. The summed E-state index contributed by atoms with van der Waals surface area (Å²) in [6.45, 7) is 4.09. The Morgan fingerprint density at radius 3 is 2.47 bits per heavy atom. The third-order valence-corrected chi connectivity index (χ3v) is 3.55. The first-order valence-electron chi connectivity index (χ1n) is 6.73. The lowest BCUT2D eigenvalue weighted by atomic mass is 10.1. The molecule has 2 heteroatoms. The molecule has 19 heavy (non-hydrogen) atoms. The van der Waals surface area contributed by atoms with Gasteiger partial charge < -0.3 is 10.6 Å². The smallest absolute Gasteiger partial charge is 0.0346 e. The summed E-state index contributed by atoms with van der Waals surface area (Å²) < 4.78 is 0. The molecule has 2 N–H and O–H groups in total. The molecule has 0 aliphatic heterocycles. The molecule has 0 fully saturated rings. The van der Waals surface area contributed by atoms with Crippen molar-refractivity contribution < 1.29 is 0 Å². The second kappa shape index (κ2) is 6.39. The maximum Gasteiger partial charge on any atom is 0.0346 e. The van der Waals surface area contributed by atoms with Gasteiger partial charge in [0.1, 0.15) is 0 Å². The maximum absolute atomic E-state index is 5.94. The molecular weight excluding hydrogens is 232 g/mol. The van der Waals surface area contributed by atoms with Crippen molar-refractivity contribution in [1.29, 1.82) is 0 Å². The summed E-state index contributed by atoms with van der Waals surface area (Å²) in [5.74, 6) is 0. The van der Waals surface area contributed by atoms with Gasteiger partial charge in [0.25, 0.3) is 0 Å². The molecular formula is C17H22N2. The maximum atomic E-state index is 5.94. The SMILES string of the molecule is Cc1c(N)cccc1CN(C)CCc1ccccc1. The molecule has 0 radical (unpaired) electrons. The lowest BCUT2D eigenvalue weighted by molar-refractivity contribution is 0.330. The number of likely N-dealkylation sites (N-methyl/N-ethyl adjacent to an activating group) is 1. The summed E-state index contributed by atoms with van der Waals surface area (Å²) in [5.41, 5.74) is 10.7. The number of nitrogens with two attached hydrogens (primary N) is 1. The van der Waals surface area contributed by atoms with E-state index in [0.29, 0.717) is 0 Å². The summed E-state index contributed by atoms with van der Waals surface area (Å²) in [6, 6.07) is 16.8. The van der Waals surface area contributed by atoms with Crippen molar-refractivity contribution in [1.82, 2.24) is 4.90 Å². The molecule has 0 heterocycles. The Morgan fingerprint density at radius 1 is 1.00 bits per heavy atom. The third kappa shape index (κ3) is 3.83. The van der Waals surface area contributed by atoms with Crippen LogP contribution in [0, 0.1) is 6.92 Å². The summed E-state index contributed by atoms with van der Waals surface area (Å²) in [4.78, 5) is 2.34. The molecule has 2 nitrogen and oxygen atoms in total. The van der Waals surface area contributed by atoms with Gasteiger partial charge in [-0.2, -0.15) is 0 Å². The second-order valence-corrected chi connectivity index (χ2v) is 5.10. The topological polar surface area (TPSA) is 29.3 Å². The van der Waals surface area contributed by atoms with E-state index in [1.54, 1.807) is 0 Å². The van der Waals surface area contributed by atoms with E-state index in [9.17, 15) is 0 Å². The molecule has 0 saturated carbocycles. The van der Waals surface area contributed by atoms with Gasteiger partial charge in [0.05, 0.1) is 0 Å². The van der Waals surface area contributed by atoms with Crippen LogP contribution in [0.2, 0.25) is 0 Å². The Labute approximate surface area is 115 Å². The van der Waals surface area contributed by atoms with Gasteiger partial charge in [-0.3, -0.25) is 0 Å². The highest BCUT2D eigenvalue weighted by molar-refractivity contribution is 5.49. The number of hydrogen-bond donors (Lipinski definition) is 1. The van der Waals surface area contributed by atoms with E-state index in [4.69, 9.17) is 5.73 Å². The molecule has 0 spiro atoms. The molecule has 100 valence electrons. The van der Waals surface area contributed by atoms with E-state index < -0.39 is 0 Å². The molecule has 2 aromatic rings. The van der Waals surface area contributed by atoms with Crippen LogP contribution in [0.4, 0.5) is 5.69 Å². The van der Waals surface area contributed by atoms with Crippen LogP contribution in [0.3, 0.4) is 0 Å². The van der Waals surface area contributed by atoms with Crippen LogP contribution in [0.1, 0.15) is 16.7 Å². The number of nitrogens with zero attached hydrogens (tertiary/aromatic N) is 1. The molecule has 0 saturated heterocycles. The van der Waals surface area contributed by atoms with Gasteiger partial charge in [-0.15, -0.1) is 0 Å². The van der Waals surface area contributed by atoms with E-state index >= 15 is 0 Å². The molecule has 0 aliphatic carbocycles. The monoisotopic (exact) mass is 254 g/mol. The van der Waals surface area contributed by atoms with E-state index in [1.165, 1.54) is 16.7 Å². The van der Waals surface area contributed by atoms with Crippen LogP contribution in [0.5, 0.6) is 0 Å². The number of anilines is 1. The Morgan fingerprint density at radius 2 is 1.74 bits per heavy atom. The number of benzene rings is 2. The largest absolute Gasteiger partial charge is 0.399 e. The second-order valence-electron chi connectivity index (χ2n) is 5.10. The van der Waals surface area contributed by atoms with Gasteiger partial charge in [-0.25, -0.2) is 0 Å². The predicted molar refractivity (Wildman–Crippen MR) is 82.1 cm³/mol. The number of nitrogen functional groups attached to an aromatic ring is 1. The summed E-state index contributed by atoms with van der Waals surface area (Å²) in [6.07, 6.45) is 1.08. The normalized spacial score (nSPS) is 10.9. The standard InChI is InChI=1S/C17H22N2/c1-14-16(9-6-10-17(14)18)13-19(2)12-11-15-7-4-3-5-8-15/h3-10H,11-13,18H2,1-2H3. The van der Waals surface area contributed by atoms with Crippen LogP contribution in [-0.2, 0) is 13.0 Å². The van der Waals surface area contributed by atoms with Gasteiger partial charge in [0.15, 0.2) is 0 Å². The third-order valence-electron chi connectivity index (χ3n) is 3.55. The van der Waals surface area contributed by atoms with Crippen molar-refractivity contribution >= 4 is 5.69 Å². The fourth-order valence-corrected chi connectivity index (χ4v) is 2.21. The number of hydrogen-bond acceptors (Lipinski definition) is 2. The minimum Gasteiger partial charge on any atom is -0.399 e. The molecule has 0 amide bonds. The zero-order chi connectivity index (χ0) is 13.7. The lowest BCUT2D eigenvalue weighted by Crippen LogP contribution is -2.21. The molecule has 2 rings (SSSR count). The summed E-state index contributed by atoms with van der Waals surface area (Å²) in [5, 5.41) is 0. The first-order chi connectivity index (χ1) is 9.16. The van der Waals surface area contributed by atoms with Crippen molar-refractivity contribution in [3.63, 3.8) is 0 Å². The lowest BCUT2D eigenvalue weighted by Gasteiger charge is -2.18. The van der Waals surface area contributed by atoms with E-state index in [1.807, 2.05) is 12.1 Å². The van der Waals surface area contributed by atoms with Gasteiger partial charge in [0.2, 0.25) is 0 Å². The average molecular weight is 254 g/mol. The van der Waals surface area contributed by atoms with E-state index in [-0.39, 0.29) is 0 Å². The van der Waals surface area contributed by atoms with Crippen LogP contribution in [0.15, 0.2) is 48.5 Å². The predicted octanol–water partition coefficient (Wildman–Crippen LogP) is 3.25. The number of rotatable bonds is 5. The molecule has 0 unspecified atom stereocenters. The molecule has 2 aromatic carbocycles. The van der Waals surface area contributed by atoms with Crippen molar-refractivity contribution in [2.24, 2.45) is 0 Å². The molecule has 0 atom stereocenters. The van der Waals surface area contributed by atoms with Crippen molar-refractivity contribution in [3.8, 4) is 0 Å². The van der Waals surface area contributed by atoms with E-state index in [2.05, 4.69) is 55.3 Å². The Balaban J connectivity index is 1.91. The first kappa shape index (κ1) is 13.6. The fourth-order valence-electron chi connectivity index (χ4n) is 2.21. The van der Waals surface area contributed by atoms with Crippen LogP contribution >= 0.6 is 0 Å². The molecule has 0 aliphatic rings. The van der Waals surface area contributed by atoms with Gasteiger partial charge >= 0.3 is 0 Å². The Hall–Kier alpha value is -1.80. The minimum atomic E-state index is 0.883. The Bertz CT molecular complexity index is 520. The first-order valence-corrected chi connectivity index (χ1v) is 6.73. The van der Waals surface area contributed by atoms with Crippen LogP contribution < -0.4 is 5.73 Å². The zero-order valence-electron chi connectivity index (χ0n) is 11.8. The highest BCUT2D eigenvalue weighted by atomic mass is 15.1. The van der Waals surface area contributed by atoms with Gasteiger partial charge in [-0.05, 0) is 43.1 Å².